The summed E-state index contributed by atoms with van der Waals surface area (Å²) in [4.78, 5) is 0. The largest absolute Gasteiger partial charge is 4.00 e. The molecule has 24 heavy (non-hydrogen) atoms. The Morgan fingerprint density at radius 1 is 0.875 bits per heavy atom. The average molecular weight is 448 g/mol. The van der Waals surface area contributed by atoms with Gasteiger partial charge in [-0.15, -0.1) is 46.8 Å². The maximum Gasteiger partial charge on any atom is 4.00 e. The molecule has 0 fully saturated rings. The molecule has 0 amide bonds. The van der Waals surface area contributed by atoms with Gasteiger partial charge in [-0.2, -0.15) is 17.5 Å². The van der Waals surface area contributed by atoms with Crippen molar-refractivity contribution in [3.8, 4) is 0 Å². The van der Waals surface area contributed by atoms with Gasteiger partial charge in [0, 0.05) is 0 Å². The molecule has 118 valence electrons. The van der Waals surface area contributed by atoms with E-state index in [2.05, 4.69) is 85.0 Å². The topological polar surface area (TPSA) is 0 Å². The summed E-state index contributed by atoms with van der Waals surface area (Å²) in [5.74, 6) is 0. The maximum absolute atomic E-state index is 3.54. The molecule has 0 bridgehead atoms. The molecule has 0 aliphatic heterocycles. The normalized spacial score (nSPS) is 13.4. The summed E-state index contributed by atoms with van der Waals surface area (Å²) in [5.41, 5.74) is 0. The van der Waals surface area contributed by atoms with E-state index in [4.69, 9.17) is 0 Å². The van der Waals surface area contributed by atoms with Crippen LogP contribution in [0.25, 0.3) is 10.8 Å². The molecule has 0 N–H and O–H groups in total. The van der Waals surface area contributed by atoms with E-state index in [-0.39, 0.29) is 51.0 Å². The van der Waals surface area contributed by atoms with Gasteiger partial charge >= 0.3 is 26.2 Å². The van der Waals surface area contributed by atoms with E-state index < -0.39 is 7.92 Å². The number of allylic oxidation sites excluding steroid dienone is 4. The Balaban J connectivity index is 0.000000960. The molecule has 4 heteroatoms. The molecule has 1 atom stereocenters. The first kappa shape index (κ1) is 21.5. The molecule has 0 radical (unpaired) electrons. The third-order valence-electron chi connectivity index (χ3n) is 3.83. The molecule has 0 spiro atoms. The van der Waals surface area contributed by atoms with E-state index in [1.807, 2.05) is 0 Å². The minimum absolute atomic E-state index is 0. The molecule has 0 aromatic heterocycles. The van der Waals surface area contributed by atoms with Crippen LogP contribution in [-0.2, 0) is 26.2 Å². The first-order valence-corrected chi connectivity index (χ1v) is 8.54. The summed E-state index contributed by atoms with van der Waals surface area (Å²) in [5, 5.41) is 6.91. The van der Waals surface area contributed by atoms with Gasteiger partial charge < -0.3 is 24.8 Å². The molecule has 0 saturated heterocycles. The van der Waals surface area contributed by atoms with E-state index >= 15 is 0 Å². The average Bonchev–Trinajstić information content (AvgIpc) is 3.20. The monoisotopic (exact) mass is 446 g/mol. The fourth-order valence-electron chi connectivity index (χ4n) is 2.86. The molecule has 0 heterocycles. The van der Waals surface area contributed by atoms with Gasteiger partial charge in [-0.05, 0) is 5.30 Å². The maximum atomic E-state index is 3.54. The first-order valence-electron chi connectivity index (χ1n) is 7.20. The minimum Gasteiger partial charge on any atom is -1.00 e. The molecule has 0 nitrogen and oxygen atoms in total. The van der Waals surface area contributed by atoms with Crippen molar-refractivity contribution in [2.75, 3.05) is 0 Å². The molecule has 3 aromatic carbocycles. The van der Waals surface area contributed by atoms with Crippen LogP contribution in [0.3, 0.4) is 0 Å². The van der Waals surface area contributed by atoms with E-state index in [9.17, 15) is 0 Å². The minimum atomic E-state index is -0.496. The summed E-state index contributed by atoms with van der Waals surface area (Å²) in [6.45, 7) is 0. The van der Waals surface area contributed by atoms with Gasteiger partial charge in [0.15, 0.2) is 0 Å². The van der Waals surface area contributed by atoms with Crippen LogP contribution < -0.4 is 35.4 Å². The second-order valence-electron chi connectivity index (χ2n) is 5.15. The summed E-state index contributed by atoms with van der Waals surface area (Å²) < 4.78 is 0. The third kappa shape index (κ3) is 4.15. The van der Waals surface area contributed by atoms with Gasteiger partial charge in [-0.3, -0.25) is 6.08 Å². The molecule has 1 unspecified atom stereocenters. The van der Waals surface area contributed by atoms with Crippen molar-refractivity contribution in [2.24, 2.45) is 0 Å². The van der Waals surface area contributed by atoms with E-state index in [0.29, 0.717) is 0 Å². The number of hydrogen-bond donors (Lipinski definition) is 0. The Labute approximate surface area is 176 Å². The Bertz CT molecular complexity index is 837. The number of benzene rings is 2. The van der Waals surface area contributed by atoms with E-state index in [0.717, 1.165) is 6.42 Å². The van der Waals surface area contributed by atoms with Crippen LogP contribution in [-0.4, -0.2) is 0 Å². The number of rotatable bonds is 3. The molecule has 0 saturated carbocycles. The standard InChI is InChI=1S/C20H15P.2ClH.Zr/c1-2-9-17(10-3-1)21(18-11-5-6-12-18)20-15-14-16-8-4-7-13-19(16)20;;;/h1-5,7-11,13-15H,6H2;2*1H;/q-2;;;+4/p-2. The van der Waals surface area contributed by atoms with E-state index in [1.165, 1.54) is 26.7 Å². The summed E-state index contributed by atoms with van der Waals surface area (Å²) in [6.07, 6.45) is 8.94. The van der Waals surface area contributed by atoms with Crippen molar-refractivity contribution >= 4 is 29.3 Å². The predicted octanol–water partition coefficient (Wildman–Crippen LogP) is -1.36. The van der Waals surface area contributed by atoms with Crippen molar-refractivity contribution in [1.29, 1.82) is 0 Å². The van der Waals surface area contributed by atoms with Gasteiger partial charge in [0.05, 0.1) is 0 Å². The van der Waals surface area contributed by atoms with Crippen LogP contribution in [0.5, 0.6) is 0 Å². The Morgan fingerprint density at radius 3 is 2.29 bits per heavy atom. The molecule has 1 aliphatic rings. The van der Waals surface area contributed by atoms with Gasteiger partial charge in [-0.25, -0.2) is 6.08 Å². The van der Waals surface area contributed by atoms with Gasteiger partial charge in [0.25, 0.3) is 0 Å². The Hall–Kier alpha value is -0.577. The van der Waals surface area contributed by atoms with Gasteiger partial charge in [-0.1, -0.05) is 44.3 Å². The van der Waals surface area contributed by atoms with Crippen LogP contribution in [0, 0.1) is 6.08 Å². The first-order chi connectivity index (χ1) is 10.4. The summed E-state index contributed by atoms with van der Waals surface area (Å²) in [6, 6.07) is 24.1. The predicted molar refractivity (Wildman–Crippen MR) is 92.7 cm³/mol. The second-order valence-corrected chi connectivity index (χ2v) is 7.30. The second kappa shape index (κ2) is 9.79. The summed E-state index contributed by atoms with van der Waals surface area (Å²) >= 11 is 0. The Morgan fingerprint density at radius 2 is 1.58 bits per heavy atom. The zero-order valence-electron chi connectivity index (χ0n) is 12.9. The SMILES string of the molecule is [C-]1=C(P(c2ccccc2)[c-]2ccc3ccccc32)C=CC1.[Cl-].[Cl-].[Zr+4]. The summed E-state index contributed by atoms with van der Waals surface area (Å²) in [7, 11) is -0.496. The van der Waals surface area contributed by atoms with Crippen LogP contribution in [0.1, 0.15) is 6.42 Å². The fourth-order valence-corrected chi connectivity index (χ4v) is 5.32. The van der Waals surface area contributed by atoms with Crippen molar-refractivity contribution < 1.29 is 51.0 Å². The number of hydrogen-bond acceptors (Lipinski definition) is 0. The number of fused-ring (bicyclic) bond motifs is 1. The molecular formula is C20H15Cl2PZr. The van der Waals surface area contributed by atoms with Gasteiger partial charge in [0.2, 0.25) is 0 Å². The quantitative estimate of drug-likeness (QED) is 0.343. The molecule has 3 aromatic rings. The molecule has 1 aliphatic carbocycles. The van der Waals surface area contributed by atoms with Crippen molar-refractivity contribution in [1.82, 2.24) is 0 Å². The van der Waals surface area contributed by atoms with Crippen molar-refractivity contribution in [2.45, 2.75) is 6.42 Å². The smallest absolute Gasteiger partial charge is 1.00 e. The molecule has 4 rings (SSSR count). The number of halogens is 2. The van der Waals surface area contributed by atoms with Crippen LogP contribution in [0.2, 0.25) is 0 Å². The van der Waals surface area contributed by atoms with E-state index in [1.54, 1.807) is 0 Å². The van der Waals surface area contributed by atoms with Gasteiger partial charge in [0.1, 0.15) is 0 Å². The van der Waals surface area contributed by atoms with Crippen LogP contribution in [0.15, 0.2) is 84.2 Å². The van der Waals surface area contributed by atoms with Crippen LogP contribution in [0.4, 0.5) is 0 Å². The fraction of sp³-hybridized carbons (Fsp3) is 0.0500. The van der Waals surface area contributed by atoms with Crippen molar-refractivity contribution in [3.05, 3.63) is 90.3 Å². The Kier molecular flexibility index (Phi) is 8.76. The third-order valence-corrected chi connectivity index (χ3v) is 6.31. The molecular weight excluding hydrogens is 433 g/mol. The van der Waals surface area contributed by atoms with Crippen LogP contribution >= 0.6 is 7.92 Å². The zero-order valence-corrected chi connectivity index (χ0v) is 17.8. The zero-order chi connectivity index (χ0) is 14.1. The van der Waals surface area contributed by atoms with Crippen molar-refractivity contribution in [3.63, 3.8) is 0 Å².